The van der Waals surface area contributed by atoms with Gasteiger partial charge in [-0.1, -0.05) is 129 Å². The van der Waals surface area contributed by atoms with Gasteiger partial charge < -0.3 is 0 Å². The first-order valence-corrected chi connectivity index (χ1v) is 13.0. The molecule has 1 rings (SSSR count). The van der Waals surface area contributed by atoms with Crippen LogP contribution >= 0.6 is 0 Å². The average Bonchev–Trinajstić information content (AvgIpc) is 2.73. The van der Waals surface area contributed by atoms with Gasteiger partial charge in [-0.2, -0.15) is 0 Å². The number of hydrogen-bond donors (Lipinski definition) is 0. The maximum Gasteiger partial charge on any atom is -0.0228 e. The van der Waals surface area contributed by atoms with E-state index in [1.54, 1.807) is 16.7 Å². The zero-order valence-corrected chi connectivity index (χ0v) is 20.2. The minimum atomic E-state index is 1.23. The summed E-state index contributed by atoms with van der Waals surface area (Å²) in [4.78, 5) is 0. The van der Waals surface area contributed by atoms with Crippen LogP contribution in [0.4, 0.5) is 0 Å². The minimum Gasteiger partial charge on any atom is -0.0985 e. The van der Waals surface area contributed by atoms with Gasteiger partial charge in [0.05, 0.1) is 0 Å². The maximum absolute atomic E-state index is 4.07. The van der Waals surface area contributed by atoms with Gasteiger partial charge in [-0.25, -0.2) is 0 Å². The van der Waals surface area contributed by atoms with Gasteiger partial charge in [0.1, 0.15) is 0 Å². The molecule has 0 aliphatic heterocycles. The molecule has 0 atom stereocenters. The molecule has 0 radical (unpaired) electrons. The molecule has 29 heavy (non-hydrogen) atoms. The topological polar surface area (TPSA) is 0 Å². The molecule has 0 aliphatic carbocycles. The fraction of sp³-hybridized carbons (Fsp3) is 0.724. The van der Waals surface area contributed by atoms with Gasteiger partial charge in [-0.05, 0) is 54.9 Å². The van der Waals surface area contributed by atoms with E-state index in [0.29, 0.717) is 0 Å². The van der Waals surface area contributed by atoms with Crippen molar-refractivity contribution in [2.75, 3.05) is 0 Å². The van der Waals surface area contributed by atoms with E-state index in [4.69, 9.17) is 0 Å². The molecule has 0 fully saturated rings. The lowest BCUT2D eigenvalue weighted by Crippen LogP contribution is -2.00. The zero-order chi connectivity index (χ0) is 21.2. The van der Waals surface area contributed by atoms with Gasteiger partial charge in [0, 0.05) is 0 Å². The monoisotopic (exact) mass is 398 g/mol. The first-order valence-electron chi connectivity index (χ1n) is 13.0. The number of hydrogen-bond acceptors (Lipinski definition) is 0. The van der Waals surface area contributed by atoms with E-state index in [1.165, 1.54) is 121 Å². The second kappa shape index (κ2) is 17.8. The van der Waals surface area contributed by atoms with E-state index in [9.17, 15) is 0 Å². The third-order valence-electron chi connectivity index (χ3n) is 6.55. The van der Waals surface area contributed by atoms with Crippen molar-refractivity contribution >= 4 is 6.08 Å². The van der Waals surface area contributed by atoms with Gasteiger partial charge in [-0.3, -0.25) is 0 Å². The van der Waals surface area contributed by atoms with E-state index in [2.05, 4.69) is 45.6 Å². The molecule has 0 amide bonds. The standard InChI is InChI=1S/C29H50/c1-5-8-10-12-14-16-18-20-22-28-25-24-27(7-3)29(26(28)4)23-21-19-17-15-13-11-9-6-2/h7,24-25H,3,5-6,8-23H2,1-2,4H3. The van der Waals surface area contributed by atoms with Crippen LogP contribution in [0.3, 0.4) is 0 Å². The molecule has 0 N–H and O–H groups in total. The average molecular weight is 399 g/mol. The molecule has 0 aromatic heterocycles. The largest absolute Gasteiger partial charge is 0.0985 e. The van der Waals surface area contributed by atoms with Crippen molar-refractivity contribution in [3.8, 4) is 0 Å². The molecular formula is C29H50. The quantitative estimate of drug-likeness (QED) is 0.203. The van der Waals surface area contributed by atoms with E-state index >= 15 is 0 Å². The van der Waals surface area contributed by atoms with Crippen molar-refractivity contribution in [1.29, 1.82) is 0 Å². The summed E-state index contributed by atoms with van der Waals surface area (Å²) < 4.78 is 0. The van der Waals surface area contributed by atoms with E-state index in [0.717, 1.165) is 0 Å². The lowest BCUT2D eigenvalue weighted by atomic mass is 9.90. The molecular weight excluding hydrogens is 348 g/mol. The third-order valence-corrected chi connectivity index (χ3v) is 6.55. The summed E-state index contributed by atoms with van der Waals surface area (Å²) in [6, 6.07) is 4.69. The highest BCUT2D eigenvalue weighted by molar-refractivity contribution is 5.56. The molecule has 1 aromatic carbocycles. The molecule has 0 heterocycles. The van der Waals surface area contributed by atoms with Crippen molar-refractivity contribution in [1.82, 2.24) is 0 Å². The molecule has 166 valence electrons. The number of rotatable bonds is 19. The van der Waals surface area contributed by atoms with Crippen molar-refractivity contribution in [2.24, 2.45) is 0 Å². The highest BCUT2D eigenvalue weighted by Crippen LogP contribution is 2.24. The van der Waals surface area contributed by atoms with Crippen molar-refractivity contribution in [3.63, 3.8) is 0 Å². The van der Waals surface area contributed by atoms with Crippen LogP contribution in [0.25, 0.3) is 6.08 Å². The molecule has 1 aromatic rings. The maximum atomic E-state index is 4.07. The van der Waals surface area contributed by atoms with Crippen LogP contribution in [-0.2, 0) is 12.8 Å². The van der Waals surface area contributed by atoms with E-state index in [-0.39, 0.29) is 0 Å². The Bertz CT molecular complexity index is 525. The van der Waals surface area contributed by atoms with Crippen molar-refractivity contribution in [2.45, 2.75) is 136 Å². The Labute approximate surface area is 183 Å². The van der Waals surface area contributed by atoms with Gasteiger partial charge >= 0.3 is 0 Å². The van der Waals surface area contributed by atoms with Crippen molar-refractivity contribution in [3.05, 3.63) is 41.0 Å². The van der Waals surface area contributed by atoms with Crippen LogP contribution in [0.2, 0.25) is 0 Å². The molecule has 0 spiro atoms. The second-order valence-corrected chi connectivity index (χ2v) is 9.07. The molecule has 0 aliphatic rings. The predicted molar refractivity (Wildman–Crippen MR) is 134 cm³/mol. The van der Waals surface area contributed by atoms with Gasteiger partial charge in [0.2, 0.25) is 0 Å². The number of benzene rings is 1. The fourth-order valence-electron chi connectivity index (χ4n) is 4.51. The Balaban J connectivity index is 2.35. The number of unbranched alkanes of at least 4 members (excludes halogenated alkanes) is 14. The SMILES string of the molecule is C=Cc1ccc(CCCCCCCCCC)c(C)c1CCCCCCCCCC. The molecule has 0 saturated carbocycles. The van der Waals surface area contributed by atoms with E-state index < -0.39 is 0 Å². The van der Waals surface area contributed by atoms with Crippen LogP contribution in [0.5, 0.6) is 0 Å². The fourth-order valence-corrected chi connectivity index (χ4v) is 4.51. The van der Waals surface area contributed by atoms with Crippen LogP contribution < -0.4 is 0 Å². The van der Waals surface area contributed by atoms with Gasteiger partial charge in [0.15, 0.2) is 0 Å². The van der Waals surface area contributed by atoms with Gasteiger partial charge in [-0.15, -0.1) is 0 Å². The summed E-state index contributed by atoms with van der Waals surface area (Å²) in [5.41, 5.74) is 6.07. The van der Waals surface area contributed by atoms with Crippen LogP contribution in [0.1, 0.15) is 139 Å². The van der Waals surface area contributed by atoms with Crippen LogP contribution in [0, 0.1) is 6.92 Å². The summed E-state index contributed by atoms with van der Waals surface area (Å²) in [6.45, 7) is 11.0. The molecule has 0 bridgehead atoms. The second-order valence-electron chi connectivity index (χ2n) is 9.07. The first-order chi connectivity index (χ1) is 14.2. The normalized spacial score (nSPS) is 11.1. The first kappa shape index (κ1) is 26.0. The van der Waals surface area contributed by atoms with Gasteiger partial charge in [0.25, 0.3) is 0 Å². The smallest absolute Gasteiger partial charge is 0.0228 e. The molecule has 0 heteroatoms. The minimum absolute atomic E-state index is 1.23. The number of aryl methyl sites for hydroxylation is 1. The third kappa shape index (κ3) is 11.7. The molecule has 0 unspecified atom stereocenters. The lowest BCUT2D eigenvalue weighted by Gasteiger charge is -2.15. The lowest BCUT2D eigenvalue weighted by molar-refractivity contribution is 0.573. The Morgan fingerprint density at radius 1 is 0.621 bits per heavy atom. The highest BCUT2D eigenvalue weighted by Gasteiger charge is 2.08. The zero-order valence-electron chi connectivity index (χ0n) is 20.2. The van der Waals surface area contributed by atoms with E-state index in [1.807, 2.05) is 0 Å². The Kier molecular flexibility index (Phi) is 15.9. The Hall–Kier alpha value is -1.04. The summed E-state index contributed by atoms with van der Waals surface area (Å²) >= 11 is 0. The summed E-state index contributed by atoms with van der Waals surface area (Å²) in [7, 11) is 0. The Morgan fingerprint density at radius 2 is 1.07 bits per heavy atom. The highest BCUT2D eigenvalue weighted by atomic mass is 14.1. The molecule has 0 saturated heterocycles. The Morgan fingerprint density at radius 3 is 1.55 bits per heavy atom. The van der Waals surface area contributed by atoms with Crippen LogP contribution in [-0.4, -0.2) is 0 Å². The van der Waals surface area contributed by atoms with Crippen molar-refractivity contribution < 1.29 is 0 Å². The predicted octanol–water partition coefficient (Wildman–Crippen LogP) is 10.0. The summed E-state index contributed by atoms with van der Waals surface area (Å²) in [5, 5.41) is 0. The summed E-state index contributed by atoms with van der Waals surface area (Å²) in [5.74, 6) is 0. The van der Waals surface area contributed by atoms with Crippen LogP contribution in [0.15, 0.2) is 18.7 Å². The molecule has 0 nitrogen and oxygen atoms in total. The summed E-state index contributed by atoms with van der Waals surface area (Å²) in [6.07, 6.45) is 26.9.